The fourth-order valence-corrected chi connectivity index (χ4v) is 2.74. The third kappa shape index (κ3) is 3.39. The van der Waals surface area contributed by atoms with Crippen molar-refractivity contribution in [2.24, 2.45) is 0 Å². The molecule has 1 fully saturated rings. The number of quaternary nitrogens is 1. The Bertz CT molecular complexity index is 444. The molecule has 1 saturated heterocycles. The lowest BCUT2D eigenvalue weighted by Gasteiger charge is -2.35. The minimum Gasteiger partial charge on any atom is -0.360 e. The first-order valence-electron chi connectivity index (χ1n) is 6.68. The SMILES string of the molecule is CNC(=O)[C@H](C)[NH+]1CCN(c2cccc(Cl)c2)CC1. The van der Waals surface area contributed by atoms with Gasteiger partial charge in [0.05, 0.1) is 26.2 Å². The smallest absolute Gasteiger partial charge is 0.277 e. The molecule has 0 aliphatic carbocycles. The number of hydrogen-bond acceptors (Lipinski definition) is 2. The second-order valence-corrected chi connectivity index (χ2v) is 5.40. The van der Waals surface area contributed by atoms with Crippen LogP contribution in [0.4, 0.5) is 5.69 Å². The monoisotopic (exact) mass is 282 g/mol. The molecule has 2 N–H and O–H groups in total. The number of carbonyl (C=O) groups excluding carboxylic acids is 1. The van der Waals surface area contributed by atoms with Gasteiger partial charge in [-0.25, -0.2) is 0 Å². The van der Waals surface area contributed by atoms with Crippen molar-refractivity contribution < 1.29 is 9.69 Å². The average molecular weight is 283 g/mol. The van der Waals surface area contributed by atoms with E-state index in [1.165, 1.54) is 10.6 Å². The molecule has 4 nitrogen and oxygen atoms in total. The van der Waals surface area contributed by atoms with Crippen LogP contribution in [-0.2, 0) is 4.79 Å². The van der Waals surface area contributed by atoms with Crippen molar-refractivity contribution in [2.45, 2.75) is 13.0 Å². The summed E-state index contributed by atoms with van der Waals surface area (Å²) in [5.74, 6) is 0.117. The minimum absolute atomic E-state index is 0.0199. The molecule has 0 bridgehead atoms. The van der Waals surface area contributed by atoms with Crippen LogP contribution in [0.3, 0.4) is 0 Å². The van der Waals surface area contributed by atoms with E-state index in [1.54, 1.807) is 7.05 Å². The number of halogens is 1. The number of piperazine rings is 1. The Balaban J connectivity index is 1.94. The molecule has 1 aliphatic rings. The molecular formula is C14H21ClN3O+. The van der Waals surface area contributed by atoms with E-state index in [9.17, 15) is 4.79 Å². The molecule has 0 spiro atoms. The van der Waals surface area contributed by atoms with Gasteiger partial charge in [0.15, 0.2) is 6.04 Å². The molecule has 1 aromatic rings. The first-order valence-corrected chi connectivity index (χ1v) is 7.06. The van der Waals surface area contributed by atoms with Gasteiger partial charge in [0.1, 0.15) is 0 Å². The maximum absolute atomic E-state index is 11.6. The van der Waals surface area contributed by atoms with Crippen LogP contribution in [-0.4, -0.2) is 45.2 Å². The zero-order chi connectivity index (χ0) is 13.8. The van der Waals surface area contributed by atoms with Gasteiger partial charge in [-0.2, -0.15) is 0 Å². The largest absolute Gasteiger partial charge is 0.360 e. The standard InChI is InChI=1S/C14H20ClN3O/c1-11(14(19)16-2)17-6-8-18(9-7-17)13-5-3-4-12(15)10-13/h3-5,10-11H,6-9H2,1-2H3,(H,16,19)/p+1/t11-/m0/s1. The molecule has 0 aromatic heterocycles. The topological polar surface area (TPSA) is 36.8 Å². The number of carbonyl (C=O) groups is 1. The highest BCUT2D eigenvalue weighted by molar-refractivity contribution is 6.30. The van der Waals surface area contributed by atoms with E-state index in [2.05, 4.69) is 16.3 Å². The van der Waals surface area contributed by atoms with Crippen LogP contribution in [0, 0.1) is 0 Å². The Hall–Kier alpha value is -1.26. The average Bonchev–Trinajstić information content (AvgIpc) is 2.46. The van der Waals surface area contributed by atoms with Crippen LogP contribution in [0.2, 0.25) is 5.02 Å². The normalized spacial score (nSPS) is 18.2. The summed E-state index contributed by atoms with van der Waals surface area (Å²) in [6.45, 7) is 5.85. The van der Waals surface area contributed by atoms with E-state index in [-0.39, 0.29) is 11.9 Å². The summed E-state index contributed by atoms with van der Waals surface area (Å²) in [6, 6.07) is 7.96. The van der Waals surface area contributed by atoms with Gasteiger partial charge in [-0.15, -0.1) is 0 Å². The summed E-state index contributed by atoms with van der Waals surface area (Å²) in [6.07, 6.45) is 0. The van der Waals surface area contributed by atoms with Crippen molar-refractivity contribution >= 4 is 23.2 Å². The molecule has 1 amide bonds. The van der Waals surface area contributed by atoms with Gasteiger partial charge in [-0.3, -0.25) is 4.79 Å². The van der Waals surface area contributed by atoms with Crippen molar-refractivity contribution in [1.29, 1.82) is 0 Å². The molecule has 1 heterocycles. The number of nitrogens with one attached hydrogen (secondary N) is 2. The Morgan fingerprint density at radius 1 is 1.42 bits per heavy atom. The molecule has 1 aromatic carbocycles. The van der Waals surface area contributed by atoms with Crippen LogP contribution in [0.25, 0.3) is 0 Å². The number of likely N-dealkylation sites (N-methyl/N-ethyl adjacent to an activating group) is 1. The van der Waals surface area contributed by atoms with Crippen molar-refractivity contribution in [1.82, 2.24) is 5.32 Å². The Labute approximate surface area is 119 Å². The van der Waals surface area contributed by atoms with Gasteiger partial charge < -0.3 is 15.1 Å². The van der Waals surface area contributed by atoms with Crippen molar-refractivity contribution in [3.05, 3.63) is 29.3 Å². The Kier molecular flexibility index (Phi) is 4.66. The van der Waals surface area contributed by atoms with Gasteiger partial charge in [-0.05, 0) is 25.1 Å². The molecule has 1 atom stereocenters. The highest BCUT2D eigenvalue weighted by Crippen LogP contribution is 2.19. The summed E-state index contributed by atoms with van der Waals surface area (Å²) >= 11 is 6.02. The van der Waals surface area contributed by atoms with Gasteiger partial charge in [0.25, 0.3) is 5.91 Å². The molecule has 104 valence electrons. The quantitative estimate of drug-likeness (QED) is 0.830. The van der Waals surface area contributed by atoms with Crippen LogP contribution in [0.15, 0.2) is 24.3 Å². The number of amides is 1. The van der Waals surface area contributed by atoms with Crippen LogP contribution in [0.1, 0.15) is 6.92 Å². The lowest BCUT2D eigenvalue weighted by atomic mass is 10.2. The molecule has 0 saturated carbocycles. The second-order valence-electron chi connectivity index (χ2n) is 4.96. The van der Waals surface area contributed by atoms with Gasteiger partial charge in [-0.1, -0.05) is 17.7 Å². The van der Waals surface area contributed by atoms with Crippen molar-refractivity contribution in [2.75, 3.05) is 38.1 Å². The third-order valence-corrected chi connectivity index (χ3v) is 4.07. The van der Waals surface area contributed by atoms with E-state index in [4.69, 9.17) is 11.6 Å². The van der Waals surface area contributed by atoms with E-state index >= 15 is 0 Å². The number of benzene rings is 1. The van der Waals surface area contributed by atoms with E-state index in [0.717, 1.165) is 31.2 Å². The molecule has 5 heteroatoms. The minimum atomic E-state index is 0.0199. The third-order valence-electron chi connectivity index (χ3n) is 3.83. The molecule has 1 aliphatic heterocycles. The zero-order valence-electron chi connectivity index (χ0n) is 11.4. The number of hydrogen-bond donors (Lipinski definition) is 2. The van der Waals surface area contributed by atoms with E-state index in [1.807, 2.05) is 25.1 Å². The van der Waals surface area contributed by atoms with Crippen LogP contribution in [0.5, 0.6) is 0 Å². The maximum Gasteiger partial charge on any atom is 0.277 e. The van der Waals surface area contributed by atoms with Gasteiger partial charge in [0, 0.05) is 17.8 Å². The Morgan fingerprint density at radius 2 is 2.11 bits per heavy atom. The van der Waals surface area contributed by atoms with Gasteiger partial charge in [0.2, 0.25) is 0 Å². The number of nitrogens with zero attached hydrogens (tertiary/aromatic N) is 1. The van der Waals surface area contributed by atoms with Crippen LogP contribution >= 0.6 is 11.6 Å². The Morgan fingerprint density at radius 3 is 2.68 bits per heavy atom. The zero-order valence-corrected chi connectivity index (χ0v) is 12.2. The predicted octanol–water partition coefficient (Wildman–Crippen LogP) is 0.179. The first-order chi connectivity index (χ1) is 9.11. The summed E-state index contributed by atoms with van der Waals surface area (Å²) in [5.41, 5.74) is 1.17. The van der Waals surface area contributed by atoms with E-state index in [0.29, 0.717) is 0 Å². The van der Waals surface area contributed by atoms with Gasteiger partial charge >= 0.3 is 0 Å². The highest BCUT2D eigenvalue weighted by atomic mass is 35.5. The molecular weight excluding hydrogens is 262 g/mol. The molecule has 0 unspecified atom stereocenters. The molecule has 2 rings (SSSR count). The number of anilines is 1. The highest BCUT2D eigenvalue weighted by Gasteiger charge is 2.28. The molecule has 0 radical (unpaired) electrons. The van der Waals surface area contributed by atoms with Crippen molar-refractivity contribution in [3.63, 3.8) is 0 Å². The first kappa shape index (κ1) is 14.2. The fraction of sp³-hybridized carbons (Fsp3) is 0.500. The molecule has 19 heavy (non-hydrogen) atoms. The fourth-order valence-electron chi connectivity index (χ4n) is 2.56. The number of rotatable bonds is 3. The summed E-state index contributed by atoms with van der Waals surface area (Å²) < 4.78 is 0. The van der Waals surface area contributed by atoms with Crippen LogP contribution < -0.4 is 15.1 Å². The predicted molar refractivity (Wildman–Crippen MR) is 77.9 cm³/mol. The summed E-state index contributed by atoms with van der Waals surface area (Å²) in [5, 5.41) is 3.49. The van der Waals surface area contributed by atoms with E-state index < -0.39 is 0 Å². The maximum atomic E-state index is 11.6. The lowest BCUT2D eigenvalue weighted by molar-refractivity contribution is -0.914. The lowest BCUT2D eigenvalue weighted by Crippen LogP contribution is -3.19. The summed E-state index contributed by atoms with van der Waals surface area (Å²) in [7, 11) is 1.69. The van der Waals surface area contributed by atoms with Crippen molar-refractivity contribution in [3.8, 4) is 0 Å². The second kappa shape index (κ2) is 6.26. The summed E-state index contributed by atoms with van der Waals surface area (Å²) in [4.78, 5) is 15.3.